The number of rotatable bonds is 10. The van der Waals surface area contributed by atoms with Gasteiger partial charge in [-0.15, -0.1) is 0 Å². The number of hydrogen-bond donors (Lipinski definition) is 2. The third-order valence-electron chi connectivity index (χ3n) is 4.34. The number of ether oxygens (including phenoxy) is 1. The summed E-state index contributed by atoms with van der Waals surface area (Å²) in [6.45, 7) is 5.29. The minimum Gasteiger partial charge on any atom is -0.456 e. The van der Waals surface area contributed by atoms with Gasteiger partial charge in [-0.3, -0.25) is 10.2 Å². The molecule has 29 heavy (non-hydrogen) atoms. The van der Waals surface area contributed by atoms with Gasteiger partial charge in [-0.1, -0.05) is 42.5 Å². The van der Waals surface area contributed by atoms with E-state index >= 15 is 0 Å². The molecule has 6 nitrogen and oxygen atoms in total. The van der Waals surface area contributed by atoms with E-state index in [0.29, 0.717) is 13.0 Å². The van der Waals surface area contributed by atoms with Crippen LogP contribution in [0.15, 0.2) is 54.6 Å². The summed E-state index contributed by atoms with van der Waals surface area (Å²) in [6.07, 6.45) is 1.48. The molecule has 0 spiro atoms. The molecule has 0 saturated carbocycles. The summed E-state index contributed by atoms with van der Waals surface area (Å²) in [5.41, 5.74) is 6.48. The summed E-state index contributed by atoms with van der Waals surface area (Å²) in [6, 6.07) is 16.6. The monoisotopic (exact) mass is 397 g/mol. The lowest BCUT2D eigenvalue weighted by atomic mass is 9.98. The van der Waals surface area contributed by atoms with Crippen molar-refractivity contribution >= 4 is 11.9 Å². The topological polar surface area (TPSA) is 70.7 Å². The SMILES string of the molecule is CN(C)CCCNNC(=O)c1ccccc1C(=O)OC(C)(C)Cc1ccccc1. The van der Waals surface area contributed by atoms with E-state index in [9.17, 15) is 9.59 Å². The van der Waals surface area contributed by atoms with Crippen molar-refractivity contribution in [3.63, 3.8) is 0 Å². The highest BCUT2D eigenvalue weighted by Crippen LogP contribution is 2.20. The molecule has 0 heterocycles. The lowest BCUT2D eigenvalue weighted by Gasteiger charge is -2.25. The third-order valence-corrected chi connectivity index (χ3v) is 4.34. The summed E-state index contributed by atoms with van der Waals surface area (Å²) < 4.78 is 5.74. The van der Waals surface area contributed by atoms with Crippen LogP contribution in [0.4, 0.5) is 0 Å². The van der Waals surface area contributed by atoms with Crippen molar-refractivity contribution < 1.29 is 14.3 Å². The summed E-state index contributed by atoms with van der Waals surface area (Å²) in [5, 5.41) is 0. The van der Waals surface area contributed by atoms with Crippen LogP contribution in [-0.4, -0.2) is 49.6 Å². The van der Waals surface area contributed by atoms with Gasteiger partial charge in [0.15, 0.2) is 0 Å². The Hall–Kier alpha value is -2.70. The Labute approximate surface area is 173 Å². The van der Waals surface area contributed by atoms with Crippen LogP contribution in [0.5, 0.6) is 0 Å². The second-order valence-corrected chi connectivity index (χ2v) is 7.89. The number of hydrazine groups is 1. The number of amides is 1. The predicted octanol–water partition coefficient (Wildman–Crippen LogP) is 3.05. The minimum atomic E-state index is -0.702. The predicted molar refractivity (Wildman–Crippen MR) is 115 cm³/mol. The second-order valence-electron chi connectivity index (χ2n) is 7.89. The van der Waals surface area contributed by atoms with Gasteiger partial charge in [0.1, 0.15) is 5.60 Å². The highest BCUT2D eigenvalue weighted by Gasteiger charge is 2.26. The Morgan fingerprint density at radius 2 is 1.59 bits per heavy atom. The first-order valence-electron chi connectivity index (χ1n) is 9.83. The lowest BCUT2D eigenvalue weighted by molar-refractivity contribution is -0.000835. The van der Waals surface area contributed by atoms with E-state index in [4.69, 9.17) is 4.74 Å². The van der Waals surface area contributed by atoms with Crippen LogP contribution in [0.25, 0.3) is 0 Å². The molecule has 0 aliphatic carbocycles. The van der Waals surface area contributed by atoms with Crippen LogP contribution in [0.1, 0.15) is 46.5 Å². The summed E-state index contributed by atoms with van der Waals surface area (Å²) >= 11 is 0. The van der Waals surface area contributed by atoms with E-state index in [0.717, 1.165) is 18.5 Å². The van der Waals surface area contributed by atoms with Crippen molar-refractivity contribution in [2.45, 2.75) is 32.3 Å². The molecule has 6 heteroatoms. The van der Waals surface area contributed by atoms with Crippen molar-refractivity contribution in [2.75, 3.05) is 27.2 Å². The van der Waals surface area contributed by atoms with Gasteiger partial charge in [-0.25, -0.2) is 10.2 Å². The standard InChI is InChI=1S/C23H31N3O3/c1-23(2,17-18-11-6-5-7-12-18)29-22(28)20-14-9-8-13-19(20)21(27)25-24-15-10-16-26(3)4/h5-9,11-14,24H,10,15-17H2,1-4H3,(H,25,27). The van der Waals surface area contributed by atoms with Gasteiger partial charge in [-0.2, -0.15) is 0 Å². The first-order chi connectivity index (χ1) is 13.8. The van der Waals surface area contributed by atoms with E-state index in [1.54, 1.807) is 24.3 Å². The van der Waals surface area contributed by atoms with Gasteiger partial charge in [0.05, 0.1) is 11.1 Å². The molecule has 2 N–H and O–H groups in total. The first-order valence-corrected chi connectivity index (χ1v) is 9.83. The summed E-state index contributed by atoms with van der Waals surface area (Å²) in [5.74, 6) is -0.868. The van der Waals surface area contributed by atoms with Gasteiger partial charge in [0.25, 0.3) is 5.91 Å². The van der Waals surface area contributed by atoms with Crippen LogP contribution in [0, 0.1) is 0 Å². The van der Waals surface area contributed by atoms with Gasteiger partial charge in [-0.05, 0) is 58.6 Å². The molecule has 0 aromatic heterocycles. The van der Waals surface area contributed by atoms with Crippen LogP contribution < -0.4 is 10.9 Å². The zero-order valence-corrected chi connectivity index (χ0v) is 17.7. The maximum atomic E-state index is 12.8. The molecule has 2 aromatic rings. The highest BCUT2D eigenvalue weighted by atomic mass is 16.6. The van der Waals surface area contributed by atoms with Crippen LogP contribution >= 0.6 is 0 Å². The number of benzene rings is 2. The fourth-order valence-electron chi connectivity index (χ4n) is 2.98. The van der Waals surface area contributed by atoms with E-state index in [1.165, 1.54) is 0 Å². The van der Waals surface area contributed by atoms with Crippen molar-refractivity contribution in [2.24, 2.45) is 0 Å². The average Bonchev–Trinajstić information content (AvgIpc) is 2.67. The molecular formula is C23H31N3O3. The van der Waals surface area contributed by atoms with Gasteiger partial charge in [0.2, 0.25) is 0 Å². The fourth-order valence-corrected chi connectivity index (χ4v) is 2.98. The normalized spacial score (nSPS) is 11.3. The molecule has 0 radical (unpaired) electrons. The number of nitrogens with zero attached hydrogens (tertiary/aromatic N) is 1. The lowest BCUT2D eigenvalue weighted by Crippen LogP contribution is -2.39. The number of nitrogens with one attached hydrogen (secondary N) is 2. The molecule has 0 bridgehead atoms. The van der Waals surface area contributed by atoms with Gasteiger partial charge >= 0.3 is 5.97 Å². The molecular weight excluding hydrogens is 366 g/mol. The molecule has 156 valence electrons. The highest BCUT2D eigenvalue weighted by molar-refractivity contribution is 6.05. The van der Waals surface area contributed by atoms with Crippen molar-refractivity contribution in [1.82, 2.24) is 15.8 Å². The molecule has 0 aliphatic rings. The molecule has 0 unspecified atom stereocenters. The Bertz CT molecular complexity index is 804. The number of esters is 1. The van der Waals surface area contributed by atoms with Crippen molar-refractivity contribution in [3.05, 3.63) is 71.3 Å². The second kappa shape index (κ2) is 10.7. The van der Waals surface area contributed by atoms with Crippen molar-refractivity contribution in [3.8, 4) is 0 Å². The first kappa shape index (κ1) is 22.6. The maximum Gasteiger partial charge on any atom is 0.339 e. The fraction of sp³-hybridized carbons (Fsp3) is 0.391. The Balaban J connectivity index is 1.99. The van der Waals surface area contributed by atoms with E-state index in [2.05, 4.69) is 15.8 Å². The smallest absolute Gasteiger partial charge is 0.339 e. The maximum absolute atomic E-state index is 12.8. The summed E-state index contributed by atoms with van der Waals surface area (Å²) in [7, 11) is 4.00. The number of carbonyl (C=O) groups is 2. The zero-order chi connectivity index (χ0) is 21.3. The molecule has 0 atom stereocenters. The molecule has 0 fully saturated rings. The van der Waals surface area contributed by atoms with E-state index in [-0.39, 0.29) is 17.0 Å². The summed E-state index contributed by atoms with van der Waals surface area (Å²) in [4.78, 5) is 27.4. The average molecular weight is 398 g/mol. The Kier molecular flexibility index (Phi) is 8.36. The zero-order valence-electron chi connectivity index (χ0n) is 17.7. The van der Waals surface area contributed by atoms with Crippen LogP contribution in [0.3, 0.4) is 0 Å². The largest absolute Gasteiger partial charge is 0.456 e. The van der Waals surface area contributed by atoms with Crippen LogP contribution in [0.2, 0.25) is 0 Å². The number of hydrogen-bond acceptors (Lipinski definition) is 5. The molecule has 2 rings (SSSR count). The quantitative estimate of drug-likeness (QED) is 0.366. The Morgan fingerprint density at radius 1 is 0.966 bits per heavy atom. The minimum absolute atomic E-state index is 0.251. The molecule has 0 aliphatic heterocycles. The molecule has 2 aromatic carbocycles. The molecule has 0 saturated heterocycles. The van der Waals surface area contributed by atoms with Crippen molar-refractivity contribution in [1.29, 1.82) is 0 Å². The van der Waals surface area contributed by atoms with Gasteiger partial charge in [0, 0.05) is 13.0 Å². The number of carbonyl (C=O) groups excluding carboxylic acids is 2. The Morgan fingerprint density at radius 3 is 2.24 bits per heavy atom. The molecule has 1 amide bonds. The van der Waals surface area contributed by atoms with Gasteiger partial charge < -0.3 is 9.64 Å². The van der Waals surface area contributed by atoms with Crippen LogP contribution in [-0.2, 0) is 11.2 Å². The van der Waals surface area contributed by atoms with E-state index < -0.39 is 11.6 Å². The third kappa shape index (κ3) is 7.68. The van der Waals surface area contributed by atoms with E-state index in [1.807, 2.05) is 58.3 Å².